The van der Waals surface area contributed by atoms with Crippen LogP contribution in [-0.4, -0.2) is 18.7 Å². The molecule has 4 heteroatoms. The third-order valence-electron chi connectivity index (χ3n) is 3.88. The second-order valence-corrected chi connectivity index (χ2v) is 6.64. The van der Waals surface area contributed by atoms with E-state index >= 15 is 0 Å². The number of carbonyl (C=O) groups is 1. The topological polar surface area (TPSA) is 35.5 Å². The van der Waals surface area contributed by atoms with Gasteiger partial charge in [-0.2, -0.15) is 0 Å². The molecule has 1 aliphatic rings. The van der Waals surface area contributed by atoms with Gasteiger partial charge in [0.2, 0.25) is 0 Å². The van der Waals surface area contributed by atoms with Crippen molar-refractivity contribution in [1.29, 1.82) is 0 Å². The minimum absolute atomic E-state index is 0.201. The summed E-state index contributed by atoms with van der Waals surface area (Å²) in [6.45, 7) is 4.28. The maximum Gasteiger partial charge on any atom is 0.309 e. The fraction of sp³-hybridized carbons (Fsp3) is 0.562. The summed E-state index contributed by atoms with van der Waals surface area (Å²) in [4.78, 5) is 11.6. The predicted octanol–water partition coefficient (Wildman–Crippen LogP) is 4.44. The van der Waals surface area contributed by atoms with Gasteiger partial charge in [0.1, 0.15) is 11.4 Å². The highest BCUT2D eigenvalue weighted by atomic mass is 79.9. The lowest BCUT2D eigenvalue weighted by Crippen LogP contribution is -2.45. The number of rotatable bonds is 5. The molecule has 0 spiro atoms. The molecule has 0 bridgehead atoms. The number of ether oxygens (including phenoxy) is 2. The van der Waals surface area contributed by atoms with Crippen LogP contribution in [0.3, 0.4) is 0 Å². The van der Waals surface area contributed by atoms with E-state index in [9.17, 15) is 4.79 Å². The summed E-state index contributed by atoms with van der Waals surface area (Å²) in [6, 6.07) is 6.05. The van der Waals surface area contributed by atoms with Crippen molar-refractivity contribution in [2.75, 3.05) is 7.11 Å². The second-order valence-electron chi connectivity index (χ2n) is 5.73. The van der Waals surface area contributed by atoms with Crippen LogP contribution in [0.15, 0.2) is 22.7 Å². The zero-order valence-corrected chi connectivity index (χ0v) is 13.8. The molecule has 3 nitrogen and oxygen atoms in total. The Bertz CT molecular complexity index is 492. The van der Waals surface area contributed by atoms with Crippen LogP contribution >= 0.6 is 15.9 Å². The van der Waals surface area contributed by atoms with Crippen LogP contribution in [0.4, 0.5) is 0 Å². The molecular weight excluding hydrogens is 320 g/mol. The monoisotopic (exact) mass is 340 g/mol. The van der Waals surface area contributed by atoms with E-state index in [0.29, 0.717) is 12.3 Å². The standard InChI is InChI=1S/C16H21BrO3/c1-11(2)13-9-12(17)5-6-14(13)20-16(7-4-8-16)10-15(18)19-3/h5-6,9,11H,4,7-8,10H2,1-3H3. The molecule has 0 atom stereocenters. The van der Waals surface area contributed by atoms with Crippen molar-refractivity contribution in [3.63, 3.8) is 0 Å². The van der Waals surface area contributed by atoms with Gasteiger partial charge >= 0.3 is 5.97 Å². The summed E-state index contributed by atoms with van der Waals surface area (Å²) < 4.78 is 12.1. The van der Waals surface area contributed by atoms with Gasteiger partial charge in [0.25, 0.3) is 0 Å². The summed E-state index contributed by atoms with van der Waals surface area (Å²) in [5.41, 5.74) is 0.792. The molecule has 0 unspecified atom stereocenters. The molecule has 1 aromatic rings. The summed E-state index contributed by atoms with van der Waals surface area (Å²) in [7, 11) is 1.42. The molecule has 1 saturated carbocycles. The fourth-order valence-corrected chi connectivity index (χ4v) is 2.90. The first kappa shape index (κ1) is 15.4. The van der Waals surface area contributed by atoms with Crippen molar-refractivity contribution >= 4 is 21.9 Å². The molecule has 2 rings (SSSR count). The van der Waals surface area contributed by atoms with Gasteiger partial charge in [-0.1, -0.05) is 29.8 Å². The van der Waals surface area contributed by atoms with Gasteiger partial charge in [-0.05, 0) is 48.9 Å². The first-order valence-corrected chi connectivity index (χ1v) is 7.80. The van der Waals surface area contributed by atoms with Gasteiger partial charge in [0, 0.05) is 4.47 Å². The SMILES string of the molecule is COC(=O)CC1(Oc2ccc(Br)cc2C(C)C)CCC1. The van der Waals surface area contributed by atoms with E-state index in [1.54, 1.807) is 0 Å². The van der Waals surface area contributed by atoms with Gasteiger partial charge in [-0.3, -0.25) is 4.79 Å². The smallest absolute Gasteiger partial charge is 0.309 e. The number of benzene rings is 1. The molecule has 0 radical (unpaired) electrons. The first-order valence-electron chi connectivity index (χ1n) is 7.01. The lowest BCUT2D eigenvalue weighted by atomic mass is 9.77. The molecule has 1 aromatic carbocycles. The Morgan fingerprint density at radius 2 is 2.10 bits per heavy atom. The van der Waals surface area contributed by atoms with Gasteiger partial charge in [0.05, 0.1) is 13.5 Å². The Labute approximate surface area is 128 Å². The average Bonchev–Trinajstić information content (AvgIpc) is 2.37. The Hall–Kier alpha value is -1.03. The van der Waals surface area contributed by atoms with Crippen molar-refractivity contribution in [3.05, 3.63) is 28.2 Å². The summed E-state index contributed by atoms with van der Waals surface area (Å²) in [5.74, 6) is 1.05. The second kappa shape index (κ2) is 6.17. The summed E-state index contributed by atoms with van der Waals surface area (Å²) in [6.07, 6.45) is 3.26. The highest BCUT2D eigenvalue weighted by Crippen LogP contribution is 2.42. The van der Waals surface area contributed by atoms with E-state index in [0.717, 1.165) is 35.0 Å². The maximum atomic E-state index is 11.6. The predicted molar refractivity (Wildman–Crippen MR) is 82.1 cm³/mol. The number of hydrogen-bond acceptors (Lipinski definition) is 3. The number of hydrogen-bond donors (Lipinski definition) is 0. The molecule has 0 amide bonds. The van der Waals surface area contributed by atoms with Crippen molar-refractivity contribution in [2.45, 2.75) is 51.0 Å². The highest BCUT2D eigenvalue weighted by Gasteiger charge is 2.42. The molecule has 0 heterocycles. The minimum Gasteiger partial charge on any atom is -0.486 e. The molecule has 0 saturated heterocycles. The molecule has 0 N–H and O–H groups in total. The van der Waals surface area contributed by atoms with Crippen LogP contribution in [0.25, 0.3) is 0 Å². The number of halogens is 1. The van der Waals surface area contributed by atoms with Crippen LogP contribution in [0, 0.1) is 0 Å². The van der Waals surface area contributed by atoms with E-state index in [2.05, 4.69) is 35.8 Å². The van der Waals surface area contributed by atoms with Crippen LogP contribution in [-0.2, 0) is 9.53 Å². The van der Waals surface area contributed by atoms with Crippen LogP contribution in [0.2, 0.25) is 0 Å². The minimum atomic E-state index is -0.370. The largest absolute Gasteiger partial charge is 0.486 e. The molecule has 20 heavy (non-hydrogen) atoms. The van der Waals surface area contributed by atoms with E-state index in [-0.39, 0.29) is 11.6 Å². The molecule has 1 fully saturated rings. The molecule has 1 aliphatic carbocycles. The Balaban J connectivity index is 2.21. The van der Waals surface area contributed by atoms with E-state index < -0.39 is 0 Å². The molecular formula is C16H21BrO3. The van der Waals surface area contributed by atoms with Gasteiger partial charge < -0.3 is 9.47 Å². The van der Waals surface area contributed by atoms with E-state index in [1.165, 1.54) is 7.11 Å². The lowest BCUT2D eigenvalue weighted by molar-refractivity contribution is -0.148. The van der Waals surface area contributed by atoms with Gasteiger partial charge in [-0.15, -0.1) is 0 Å². The maximum absolute atomic E-state index is 11.6. The van der Waals surface area contributed by atoms with Gasteiger partial charge in [-0.25, -0.2) is 0 Å². The zero-order chi connectivity index (χ0) is 14.8. The quantitative estimate of drug-likeness (QED) is 0.743. The zero-order valence-electron chi connectivity index (χ0n) is 12.2. The van der Waals surface area contributed by atoms with Crippen molar-refractivity contribution in [3.8, 4) is 5.75 Å². The Kier molecular flexibility index (Phi) is 4.74. The van der Waals surface area contributed by atoms with E-state index in [1.807, 2.05) is 12.1 Å². The molecule has 0 aliphatic heterocycles. The van der Waals surface area contributed by atoms with Crippen molar-refractivity contribution in [1.82, 2.24) is 0 Å². The third kappa shape index (κ3) is 3.35. The van der Waals surface area contributed by atoms with E-state index in [4.69, 9.17) is 9.47 Å². The number of methoxy groups -OCH3 is 1. The summed E-state index contributed by atoms with van der Waals surface area (Å²) >= 11 is 3.50. The van der Waals surface area contributed by atoms with Crippen molar-refractivity contribution < 1.29 is 14.3 Å². The molecule has 110 valence electrons. The highest BCUT2D eigenvalue weighted by molar-refractivity contribution is 9.10. The third-order valence-corrected chi connectivity index (χ3v) is 4.37. The first-order chi connectivity index (χ1) is 9.46. The average molecular weight is 341 g/mol. The Morgan fingerprint density at radius 1 is 1.40 bits per heavy atom. The number of esters is 1. The lowest BCUT2D eigenvalue weighted by Gasteiger charge is -2.41. The van der Waals surface area contributed by atoms with Gasteiger partial charge in [0.15, 0.2) is 0 Å². The van der Waals surface area contributed by atoms with Crippen LogP contribution < -0.4 is 4.74 Å². The van der Waals surface area contributed by atoms with Crippen molar-refractivity contribution in [2.24, 2.45) is 0 Å². The Morgan fingerprint density at radius 3 is 2.60 bits per heavy atom. The molecule has 0 aromatic heterocycles. The summed E-state index contributed by atoms with van der Waals surface area (Å²) in [5, 5.41) is 0. The normalized spacial score (nSPS) is 16.6. The number of carbonyl (C=O) groups excluding carboxylic acids is 1. The fourth-order valence-electron chi connectivity index (χ4n) is 2.52. The van der Waals surface area contributed by atoms with Crippen LogP contribution in [0.1, 0.15) is 51.0 Å². The van der Waals surface area contributed by atoms with Crippen LogP contribution in [0.5, 0.6) is 5.75 Å².